The van der Waals surface area contributed by atoms with Crippen LogP contribution in [0.5, 0.6) is 0 Å². The van der Waals surface area contributed by atoms with Crippen molar-refractivity contribution in [2.45, 2.75) is 52.6 Å². The lowest BCUT2D eigenvalue weighted by Gasteiger charge is -2.27. The number of nitrogens with zero attached hydrogens (tertiary/aromatic N) is 1. The van der Waals surface area contributed by atoms with E-state index >= 15 is 0 Å². The van der Waals surface area contributed by atoms with E-state index in [4.69, 9.17) is 0 Å². The molecule has 0 spiro atoms. The molecular weight excluding hydrogens is 216 g/mol. The Balaban J connectivity index is 2.16. The van der Waals surface area contributed by atoms with Gasteiger partial charge in [-0.25, -0.2) is 0 Å². The zero-order valence-corrected chi connectivity index (χ0v) is 11.1. The minimum Gasteiger partial charge on any atom is -0.344 e. The van der Waals surface area contributed by atoms with Crippen LogP contribution in [0, 0.1) is 11.3 Å². The molecule has 2 unspecified atom stereocenters. The van der Waals surface area contributed by atoms with Crippen LogP contribution in [0.4, 0.5) is 0 Å². The Morgan fingerprint density at radius 3 is 2.41 bits per heavy atom. The lowest BCUT2D eigenvalue weighted by Crippen LogP contribution is -2.48. The third-order valence-corrected chi connectivity index (χ3v) is 3.95. The third kappa shape index (κ3) is 2.31. The molecule has 2 atom stereocenters. The van der Waals surface area contributed by atoms with Gasteiger partial charge in [0.2, 0.25) is 11.8 Å². The minimum absolute atomic E-state index is 0.00185. The summed E-state index contributed by atoms with van der Waals surface area (Å²) in [6.45, 7) is 8.88. The highest BCUT2D eigenvalue weighted by Gasteiger charge is 2.52. The van der Waals surface area contributed by atoms with Gasteiger partial charge in [-0.3, -0.25) is 9.59 Å². The number of hydrogen-bond acceptors (Lipinski definition) is 2. The lowest BCUT2D eigenvalue weighted by molar-refractivity contribution is -0.135. The van der Waals surface area contributed by atoms with Crippen LogP contribution in [0.1, 0.15) is 40.5 Å². The number of rotatable bonds is 2. The maximum absolute atomic E-state index is 12.4. The standard InChI is InChI=1S/C13H22N2O2/c1-8(2)11-12(17)15(6-5-10(16)14-11)9-7-13(9,3)4/h8-9,11H,5-7H2,1-4H3,(H,14,16). The van der Waals surface area contributed by atoms with Crippen molar-refractivity contribution in [3.63, 3.8) is 0 Å². The van der Waals surface area contributed by atoms with Crippen molar-refractivity contribution in [2.24, 2.45) is 11.3 Å². The molecule has 1 heterocycles. The quantitative estimate of drug-likeness (QED) is 0.784. The molecule has 0 aromatic carbocycles. The van der Waals surface area contributed by atoms with Crippen molar-refractivity contribution in [1.82, 2.24) is 10.2 Å². The summed E-state index contributed by atoms with van der Waals surface area (Å²) in [7, 11) is 0. The Bertz CT molecular complexity index is 349. The molecule has 2 fully saturated rings. The second-order valence-corrected chi connectivity index (χ2v) is 6.28. The molecule has 0 bridgehead atoms. The first-order valence-electron chi connectivity index (χ1n) is 6.43. The summed E-state index contributed by atoms with van der Waals surface area (Å²) in [5.41, 5.74) is 0.227. The van der Waals surface area contributed by atoms with Gasteiger partial charge in [0, 0.05) is 19.0 Å². The van der Waals surface area contributed by atoms with Crippen LogP contribution in [0.3, 0.4) is 0 Å². The monoisotopic (exact) mass is 238 g/mol. The van der Waals surface area contributed by atoms with Crippen molar-refractivity contribution in [2.75, 3.05) is 6.54 Å². The summed E-state index contributed by atoms with van der Waals surface area (Å²) in [5.74, 6) is 0.244. The van der Waals surface area contributed by atoms with Gasteiger partial charge in [0.15, 0.2) is 0 Å². The molecule has 2 amide bonds. The number of carbonyl (C=O) groups excluding carboxylic acids is 2. The van der Waals surface area contributed by atoms with E-state index in [1.165, 1.54) is 0 Å². The van der Waals surface area contributed by atoms with E-state index in [0.29, 0.717) is 19.0 Å². The highest BCUT2D eigenvalue weighted by Crippen LogP contribution is 2.49. The maximum atomic E-state index is 12.4. The maximum Gasteiger partial charge on any atom is 0.245 e. The highest BCUT2D eigenvalue weighted by atomic mass is 16.2. The zero-order chi connectivity index (χ0) is 12.8. The molecule has 0 aromatic rings. The first-order valence-corrected chi connectivity index (χ1v) is 6.43. The second-order valence-electron chi connectivity index (χ2n) is 6.28. The molecular formula is C13H22N2O2. The Hall–Kier alpha value is -1.06. The molecule has 0 aromatic heterocycles. The molecule has 4 nitrogen and oxygen atoms in total. The predicted octanol–water partition coefficient (Wildman–Crippen LogP) is 1.16. The predicted molar refractivity (Wildman–Crippen MR) is 65.3 cm³/mol. The van der Waals surface area contributed by atoms with Gasteiger partial charge in [-0.05, 0) is 17.8 Å². The molecule has 4 heteroatoms. The van der Waals surface area contributed by atoms with E-state index < -0.39 is 0 Å². The smallest absolute Gasteiger partial charge is 0.245 e. The van der Waals surface area contributed by atoms with Crippen LogP contribution in [-0.2, 0) is 9.59 Å². The summed E-state index contributed by atoms with van der Waals surface area (Å²) >= 11 is 0. The third-order valence-electron chi connectivity index (χ3n) is 3.95. The van der Waals surface area contributed by atoms with Gasteiger partial charge >= 0.3 is 0 Å². The van der Waals surface area contributed by atoms with Gasteiger partial charge in [-0.1, -0.05) is 27.7 Å². The average molecular weight is 238 g/mol. The Morgan fingerprint density at radius 1 is 1.35 bits per heavy atom. The van der Waals surface area contributed by atoms with E-state index in [2.05, 4.69) is 19.2 Å². The van der Waals surface area contributed by atoms with Crippen molar-refractivity contribution < 1.29 is 9.59 Å². The van der Waals surface area contributed by atoms with Crippen LogP contribution in [0.15, 0.2) is 0 Å². The minimum atomic E-state index is -0.346. The fraction of sp³-hybridized carbons (Fsp3) is 0.846. The van der Waals surface area contributed by atoms with E-state index in [1.54, 1.807) is 0 Å². The molecule has 2 aliphatic rings. The van der Waals surface area contributed by atoms with Crippen molar-refractivity contribution in [3.8, 4) is 0 Å². The van der Waals surface area contributed by atoms with E-state index in [1.807, 2.05) is 18.7 Å². The zero-order valence-electron chi connectivity index (χ0n) is 11.1. The van der Waals surface area contributed by atoms with E-state index in [9.17, 15) is 9.59 Å². The molecule has 17 heavy (non-hydrogen) atoms. The fourth-order valence-electron chi connectivity index (χ4n) is 2.55. The van der Waals surface area contributed by atoms with E-state index in [-0.39, 0.29) is 29.2 Å². The average Bonchev–Trinajstić information content (AvgIpc) is 2.85. The van der Waals surface area contributed by atoms with Crippen LogP contribution in [-0.4, -0.2) is 35.3 Å². The van der Waals surface area contributed by atoms with Crippen LogP contribution >= 0.6 is 0 Å². The normalized spacial score (nSPS) is 32.4. The molecule has 1 saturated carbocycles. The summed E-state index contributed by atoms with van der Waals surface area (Å²) in [6, 6.07) is -0.0228. The molecule has 1 aliphatic heterocycles. The molecule has 0 radical (unpaired) electrons. The first-order chi connectivity index (χ1) is 7.83. The molecule has 2 rings (SSSR count). The molecule has 1 saturated heterocycles. The topological polar surface area (TPSA) is 49.4 Å². The summed E-state index contributed by atoms with van der Waals surface area (Å²) in [5, 5.41) is 2.84. The number of hydrogen-bond donors (Lipinski definition) is 1. The summed E-state index contributed by atoms with van der Waals surface area (Å²) in [4.78, 5) is 25.9. The van der Waals surface area contributed by atoms with Gasteiger partial charge in [-0.2, -0.15) is 0 Å². The van der Waals surface area contributed by atoms with Gasteiger partial charge < -0.3 is 10.2 Å². The highest BCUT2D eigenvalue weighted by molar-refractivity contribution is 5.90. The van der Waals surface area contributed by atoms with Gasteiger partial charge in [0.05, 0.1) is 0 Å². The van der Waals surface area contributed by atoms with Gasteiger partial charge in [0.25, 0.3) is 0 Å². The number of amides is 2. The molecule has 96 valence electrons. The van der Waals surface area contributed by atoms with Gasteiger partial charge in [-0.15, -0.1) is 0 Å². The van der Waals surface area contributed by atoms with Crippen molar-refractivity contribution in [3.05, 3.63) is 0 Å². The fourth-order valence-corrected chi connectivity index (χ4v) is 2.55. The molecule has 1 N–H and O–H groups in total. The SMILES string of the molecule is CC(C)C1NC(=O)CCN(C2CC2(C)C)C1=O. The first kappa shape index (κ1) is 12.4. The van der Waals surface area contributed by atoms with Crippen LogP contribution in [0.2, 0.25) is 0 Å². The number of nitrogens with one attached hydrogen (secondary N) is 1. The second kappa shape index (κ2) is 4.00. The molecule has 1 aliphatic carbocycles. The summed E-state index contributed by atoms with van der Waals surface area (Å²) < 4.78 is 0. The van der Waals surface area contributed by atoms with E-state index in [0.717, 1.165) is 6.42 Å². The van der Waals surface area contributed by atoms with Gasteiger partial charge in [0.1, 0.15) is 6.04 Å². The Kier molecular flexibility index (Phi) is 2.92. The van der Waals surface area contributed by atoms with Crippen LogP contribution in [0.25, 0.3) is 0 Å². The van der Waals surface area contributed by atoms with Crippen molar-refractivity contribution in [1.29, 1.82) is 0 Å². The summed E-state index contributed by atoms with van der Waals surface area (Å²) in [6.07, 6.45) is 1.49. The Labute approximate surface area is 103 Å². The van der Waals surface area contributed by atoms with Crippen molar-refractivity contribution >= 4 is 11.8 Å². The lowest BCUT2D eigenvalue weighted by atomic mass is 10.0. The van der Waals surface area contributed by atoms with Crippen LogP contribution < -0.4 is 5.32 Å². The largest absolute Gasteiger partial charge is 0.344 e. The Morgan fingerprint density at radius 2 is 1.94 bits per heavy atom. The number of carbonyl (C=O) groups is 2.